The van der Waals surface area contributed by atoms with Crippen LogP contribution in [0.4, 0.5) is 10.1 Å². The zero-order valence-electron chi connectivity index (χ0n) is 14.0. The molecule has 0 amide bonds. The molecule has 0 atom stereocenters. The SMILES string of the molecule is CCOc1cc(C[NH+]2CCN(c3ccccc3F)CC2)ccc1O. The fourth-order valence-corrected chi connectivity index (χ4v) is 3.18. The number of phenols is 1. The first kappa shape index (κ1) is 16.6. The second-order valence-corrected chi connectivity index (χ2v) is 6.10. The summed E-state index contributed by atoms with van der Waals surface area (Å²) >= 11 is 0. The number of benzene rings is 2. The molecule has 1 fully saturated rings. The number of ether oxygens (including phenoxy) is 1. The molecule has 5 heteroatoms. The summed E-state index contributed by atoms with van der Waals surface area (Å²) in [5.74, 6) is 0.570. The molecule has 0 aromatic heterocycles. The van der Waals surface area contributed by atoms with Crippen LogP contribution in [-0.4, -0.2) is 37.9 Å². The second kappa shape index (κ2) is 7.53. The Labute approximate surface area is 142 Å². The fourth-order valence-electron chi connectivity index (χ4n) is 3.18. The van der Waals surface area contributed by atoms with E-state index in [4.69, 9.17) is 4.74 Å². The van der Waals surface area contributed by atoms with Crippen molar-refractivity contribution in [3.63, 3.8) is 0 Å². The molecule has 1 aliphatic rings. The molecule has 0 bridgehead atoms. The first-order valence-corrected chi connectivity index (χ1v) is 8.45. The summed E-state index contributed by atoms with van der Waals surface area (Å²) in [7, 11) is 0. The van der Waals surface area contributed by atoms with Crippen LogP contribution in [-0.2, 0) is 6.54 Å². The molecule has 128 valence electrons. The van der Waals surface area contributed by atoms with Crippen LogP contribution in [0.15, 0.2) is 42.5 Å². The lowest BCUT2D eigenvalue weighted by Crippen LogP contribution is -3.13. The molecule has 0 aliphatic carbocycles. The summed E-state index contributed by atoms with van der Waals surface area (Å²) in [6.07, 6.45) is 0. The molecule has 0 spiro atoms. The van der Waals surface area contributed by atoms with E-state index in [1.165, 1.54) is 11.0 Å². The van der Waals surface area contributed by atoms with E-state index in [-0.39, 0.29) is 11.6 Å². The van der Waals surface area contributed by atoms with E-state index in [0.717, 1.165) is 38.3 Å². The van der Waals surface area contributed by atoms with Gasteiger partial charge < -0.3 is 19.6 Å². The van der Waals surface area contributed by atoms with Gasteiger partial charge in [-0.25, -0.2) is 4.39 Å². The molecule has 24 heavy (non-hydrogen) atoms. The van der Waals surface area contributed by atoms with Crippen molar-refractivity contribution in [2.75, 3.05) is 37.7 Å². The highest BCUT2D eigenvalue weighted by Crippen LogP contribution is 2.26. The molecule has 1 aliphatic heterocycles. The summed E-state index contributed by atoms with van der Waals surface area (Å²) in [6, 6.07) is 12.5. The van der Waals surface area contributed by atoms with Crippen molar-refractivity contribution >= 4 is 5.69 Å². The van der Waals surface area contributed by atoms with Gasteiger partial charge in [-0.05, 0) is 37.3 Å². The van der Waals surface area contributed by atoms with Crippen LogP contribution in [0.3, 0.4) is 0 Å². The maximum absolute atomic E-state index is 13.9. The molecule has 2 aromatic carbocycles. The number of hydrogen-bond acceptors (Lipinski definition) is 3. The van der Waals surface area contributed by atoms with Crippen molar-refractivity contribution < 1.29 is 19.1 Å². The summed E-state index contributed by atoms with van der Waals surface area (Å²) in [5, 5.41) is 9.78. The van der Waals surface area contributed by atoms with Crippen LogP contribution in [0.25, 0.3) is 0 Å². The van der Waals surface area contributed by atoms with Crippen LogP contribution < -0.4 is 14.5 Å². The predicted molar refractivity (Wildman–Crippen MR) is 92.3 cm³/mol. The van der Waals surface area contributed by atoms with Crippen molar-refractivity contribution in [3.8, 4) is 11.5 Å². The lowest BCUT2D eigenvalue weighted by atomic mass is 10.1. The molecule has 0 saturated carbocycles. The van der Waals surface area contributed by atoms with Gasteiger partial charge >= 0.3 is 0 Å². The molecule has 2 N–H and O–H groups in total. The highest BCUT2D eigenvalue weighted by molar-refractivity contribution is 5.47. The largest absolute Gasteiger partial charge is 0.504 e. The topological polar surface area (TPSA) is 37.1 Å². The van der Waals surface area contributed by atoms with E-state index in [9.17, 15) is 9.50 Å². The van der Waals surface area contributed by atoms with Crippen LogP contribution in [0.5, 0.6) is 11.5 Å². The average molecular weight is 331 g/mol. The average Bonchev–Trinajstić information content (AvgIpc) is 2.59. The van der Waals surface area contributed by atoms with Gasteiger partial charge in [-0.1, -0.05) is 12.1 Å². The monoisotopic (exact) mass is 331 g/mol. The molecule has 0 unspecified atom stereocenters. The van der Waals surface area contributed by atoms with E-state index in [0.29, 0.717) is 18.0 Å². The third kappa shape index (κ3) is 3.79. The number of anilines is 1. The van der Waals surface area contributed by atoms with Crippen molar-refractivity contribution in [2.45, 2.75) is 13.5 Å². The zero-order chi connectivity index (χ0) is 16.9. The van der Waals surface area contributed by atoms with Gasteiger partial charge in [0.05, 0.1) is 38.5 Å². The number of phenolic OH excluding ortho intramolecular Hbond substituents is 1. The van der Waals surface area contributed by atoms with Crippen molar-refractivity contribution in [2.24, 2.45) is 0 Å². The maximum Gasteiger partial charge on any atom is 0.161 e. The lowest BCUT2D eigenvalue weighted by Gasteiger charge is -2.33. The summed E-state index contributed by atoms with van der Waals surface area (Å²) in [6.45, 7) is 6.91. The number of aromatic hydroxyl groups is 1. The number of para-hydroxylation sites is 1. The highest BCUT2D eigenvalue weighted by atomic mass is 19.1. The van der Waals surface area contributed by atoms with Crippen LogP contribution >= 0.6 is 0 Å². The van der Waals surface area contributed by atoms with E-state index in [2.05, 4.69) is 4.90 Å². The number of nitrogens with zero attached hydrogens (tertiary/aromatic N) is 1. The van der Waals surface area contributed by atoms with E-state index in [1.54, 1.807) is 12.1 Å². The Hall–Kier alpha value is -2.27. The van der Waals surface area contributed by atoms with Gasteiger partial charge in [-0.3, -0.25) is 0 Å². The van der Waals surface area contributed by atoms with E-state index < -0.39 is 0 Å². The molecule has 2 aromatic rings. The number of hydrogen-bond donors (Lipinski definition) is 2. The van der Waals surface area contributed by atoms with Crippen molar-refractivity contribution in [1.29, 1.82) is 0 Å². The standard InChI is InChI=1S/C19H23FN2O2/c1-2-24-19-13-15(7-8-18(19)23)14-21-9-11-22(12-10-21)17-6-4-3-5-16(17)20/h3-8,13,23H,2,9-12,14H2,1H3/p+1. The van der Waals surface area contributed by atoms with Gasteiger partial charge in [0, 0.05) is 5.56 Å². The Morgan fingerprint density at radius 2 is 1.92 bits per heavy atom. The number of nitrogens with one attached hydrogen (secondary N) is 1. The van der Waals surface area contributed by atoms with E-state index >= 15 is 0 Å². The van der Waals surface area contributed by atoms with Gasteiger partial charge in [0.15, 0.2) is 11.5 Å². The lowest BCUT2D eigenvalue weighted by molar-refractivity contribution is -0.914. The minimum Gasteiger partial charge on any atom is -0.504 e. The van der Waals surface area contributed by atoms with Gasteiger partial charge in [0.1, 0.15) is 12.4 Å². The number of halogens is 1. The number of quaternary nitrogens is 1. The quantitative estimate of drug-likeness (QED) is 0.878. The number of piperazine rings is 1. The Bertz CT molecular complexity index is 685. The summed E-state index contributed by atoms with van der Waals surface area (Å²) in [4.78, 5) is 3.57. The Morgan fingerprint density at radius 3 is 2.62 bits per heavy atom. The van der Waals surface area contributed by atoms with E-state index in [1.807, 2.05) is 31.2 Å². The molecular formula is C19H24FN2O2+. The van der Waals surface area contributed by atoms with Gasteiger partial charge in [0.25, 0.3) is 0 Å². The summed E-state index contributed by atoms with van der Waals surface area (Å²) < 4.78 is 19.3. The first-order chi connectivity index (χ1) is 11.7. The van der Waals surface area contributed by atoms with Crippen LogP contribution in [0.1, 0.15) is 12.5 Å². The smallest absolute Gasteiger partial charge is 0.161 e. The molecule has 1 heterocycles. The minimum atomic E-state index is -0.152. The third-order valence-corrected chi connectivity index (χ3v) is 4.44. The van der Waals surface area contributed by atoms with Crippen LogP contribution in [0.2, 0.25) is 0 Å². The minimum absolute atomic E-state index is 0.152. The fraction of sp³-hybridized carbons (Fsp3) is 0.368. The summed E-state index contributed by atoms with van der Waals surface area (Å²) in [5.41, 5.74) is 1.84. The van der Waals surface area contributed by atoms with Gasteiger partial charge in [0.2, 0.25) is 0 Å². The Balaban J connectivity index is 1.59. The molecular weight excluding hydrogens is 307 g/mol. The maximum atomic E-state index is 13.9. The molecule has 1 saturated heterocycles. The zero-order valence-corrected chi connectivity index (χ0v) is 14.0. The Morgan fingerprint density at radius 1 is 1.17 bits per heavy atom. The van der Waals surface area contributed by atoms with Gasteiger partial charge in [-0.2, -0.15) is 0 Å². The van der Waals surface area contributed by atoms with Crippen LogP contribution in [0, 0.1) is 5.82 Å². The first-order valence-electron chi connectivity index (χ1n) is 8.45. The predicted octanol–water partition coefficient (Wildman–Crippen LogP) is 1.84. The third-order valence-electron chi connectivity index (χ3n) is 4.44. The molecule has 3 rings (SSSR count). The Kier molecular flexibility index (Phi) is 5.20. The van der Waals surface area contributed by atoms with Crippen molar-refractivity contribution in [1.82, 2.24) is 0 Å². The van der Waals surface area contributed by atoms with Gasteiger partial charge in [-0.15, -0.1) is 0 Å². The molecule has 0 radical (unpaired) electrons. The van der Waals surface area contributed by atoms with Crippen molar-refractivity contribution in [3.05, 3.63) is 53.8 Å². The number of rotatable bonds is 5. The highest BCUT2D eigenvalue weighted by Gasteiger charge is 2.22. The normalized spacial score (nSPS) is 15.5. The molecule has 4 nitrogen and oxygen atoms in total. The second-order valence-electron chi connectivity index (χ2n) is 6.10.